The van der Waals surface area contributed by atoms with Gasteiger partial charge in [-0.15, -0.1) is 0 Å². The molecule has 1 amide bonds. The predicted octanol–water partition coefficient (Wildman–Crippen LogP) is 6.83. The number of aryl methyl sites for hydroxylation is 1. The average Bonchev–Trinajstić information content (AvgIpc) is 3.26. The zero-order valence-corrected chi connectivity index (χ0v) is 20.2. The number of carbonyl (C=O) groups is 1. The predicted molar refractivity (Wildman–Crippen MR) is 142 cm³/mol. The number of pyridine rings is 1. The molecule has 0 saturated heterocycles. The normalized spacial score (nSPS) is 11.9. The second kappa shape index (κ2) is 10.2. The number of rotatable bonds is 7. The van der Waals surface area contributed by atoms with Crippen molar-refractivity contribution >= 4 is 28.4 Å². The van der Waals surface area contributed by atoms with Crippen LogP contribution in [0.1, 0.15) is 28.4 Å². The zero-order valence-electron chi connectivity index (χ0n) is 19.5. The number of benzene rings is 3. The van der Waals surface area contributed by atoms with E-state index < -0.39 is 0 Å². The summed E-state index contributed by atoms with van der Waals surface area (Å²) >= 11 is 6.12. The fourth-order valence-corrected chi connectivity index (χ4v) is 4.62. The Hall–Kier alpha value is -3.89. The molecule has 174 valence electrons. The molecule has 0 aliphatic heterocycles. The number of nitrogens with zero attached hydrogens (tertiary/aromatic N) is 1. The second-order valence-corrected chi connectivity index (χ2v) is 9.23. The van der Waals surface area contributed by atoms with E-state index in [1.54, 1.807) is 6.20 Å². The van der Waals surface area contributed by atoms with Crippen LogP contribution in [-0.2, 0) is 17.6 Å². The summed E-state index contributed by atoms with van der Waals surface area (Å²) in [4.78, 5) is 21.3. The molecule has 0 fully saturated rings. The number of aromatic amines is 1. The minimum Gasteiger partial charge on any atom is -0.361 e. The summed E-state index contributed by atoms with van der Waals surface area (Å²) in [6, 6.07) is 27.8. The molecule has 2 heterocycles. The molecule has 0 aliphatic carbocycles. The molecule has 2 aromatic heterocycles. The molecule has 1 atom stereocenters. The summed E-state index contributed by atoms with van der Waals surface area (Å²) in [7, 11) is 0. The standard InChI is InChI=1S/C30H26ClN3O/c1-20-9-14-27-26(16-20)23(19-33-27)18-29(35)34-28(17-21-6-3-2-4-7-21)30-25(8-5-15-32-30)22-10-12-24(31)13-11-22/h2-16,19,28,33H,17-18H2,1H3,(H,34,35)/t28-/m0/s1. The van der Waals surface area contributed by atoms with Gasteiger partial charge >= 0.3 is 0 Å². The molecule has 2 N–H and O–H groups in total. The molecule has 5 aromatic rings. The van der Waals surface area contributed by atoms with Crippen LogP contribution in [0.3, 0.4) is 0 Å². The van der Waals surface area contributed by atoms with Gasteiger partial charge in [-0.1, -0.05) is 71.8 Å². The Balaban J connectivity index is 1.47. The van der Waals surface area contributed by atoms with Crippen LogP contribution in [0.15, 0.2) is 97.3 Å². The highest BCUT2D eigenvalue weighted by atomic mass is 35.5. The third-order valence-electron chi connectivity index (χ3n) is 6.22. The Labute approximate surface area is 210 Å². The Morgan fingerprint density at radius 2 is 1.80 bits per heavy atom. The fraction of sp³-hybridized carbons (Fsp3) is 0.133. The largest absolute Gasteiger partial charge is 0.361 e. The number of nitrogens with one attached hydrogen (secondary N) is 2. The van der Waals surface area contributed by atoms with E-state index in [4.69, 9.17) is 16.6 Å². The molecule has 0 saturated carbocycles. The molecule has 3 aromatic carbocycles. The molecule has 0 radical (unpaired) electrons. The number of carbonyl (C=O) groups excluding carboxylic acids is 1. The van der Waals surface area contributed by atoms with Gasteiger partial charge in [-0.25, -0.2) is 0 Å². The number of fused-ring (bicyclic) bond motifs is 1. The van der Waals surface area contributed by atoms with E-state index >= 15 is 0 Å². The Kier molecular flexibility index (Phi) is 6.64. The van der Waals surface area contributed by atoms with E-state index in [-0.39, 0.29) is 18.4 Å². The van der Waals surface area contributed by atoms with Crippen molar-refractivity contribution in [3.8, 4) is 11.1 Å². The van der Waals surface area contributed by atoms with Gasteiger partial charge in [0.1, 0.15) is 0 Å². The first-order chi connectivity index (χ1) is 17.1. The summed E-state index contributed by atoms with van der Waals surface area (Å²) in [5, 5.41) is 5.05. The summed E-state index contributed by atoms with van der Waals surface area (Å²) in [6.45, 7) is 2.06. The summed E-state index contributed by atoms with van der Waals surface area (Å²) in [6.07, 6.45) is 4.63. The van der Waals surface area contributed by atoms with Crippen molar-refractivity contribution in [2.45, 2.75) is 25.8 Å². The van der Waals surface area contributed by atoms with Gasteiger partial charge in [-0.2, -0.15) is 0 Å². The quantitative estimate of drug-likeness (QED) is 0.268. The van der Waals surface area contributed by atoms with Crippen LogP contribution >= 0.6 is 11.6 Å². The van der Waals surface area contributed by atoms with E-state index in [0.29, 0.717) is 11.4 Å². The van der Waals surface area contributed by atoms with Crippen molar-refractivity contribution in [3.63, 3.8) is 0 Å². The van der Waals surface area contributed by atoms with Crippen molar-refractivity contribution in [2.75, 3.05) is 0 Å². The molecule has 0 bridgehead atoms. The first-order valence-electron chi connectivity index (χ1n) is 11.7. The number of amides is 1. The highest BCUT2D eigenvalue weighted by molar-refractivity contribution is 6.30. The molecule has 35 heavy (non-hydrogen) atoms. The number of aromatic nitrogens is 2. The molecule has 5 rings (SSSR count). The third kappa shape index (κ3) is 5.28. The minimum absolute atomic E-state index is 0.0407. The van der Waals surface area contributed by atoms with Gasteiger partial charge in [0.2, 0.25) is 5.91 Å². The van der Waals surface area contributed by atoms with E-state index in [9.17, 15) is 4.79 Å². The van der Waals surface area contributed by atoms with Crippen LogP contribution < -0.4 is 5.32 Å². The van der Waals surface area contributed by atoms with Gasteiger partial charge in [0.25, 0.3) is 0 Å². The van der Waals surface area contributed by atoms with Crippen molar-refractivity contribution < 1.29 is 4.79 Å². The topological polar surface area (TPSA) is 57.8 Å². The van der Waals surface area contributed by atoms with Gasteiger partial charge in [-0.3, -0.25) is 9.78 Å². The van der Waals surface area contributed by atoms with Crippen molar-refractivity contribution in [3.05, 3.63) is 125 Å². The highest BCUT2D eigenvalue weighted by Gasteiger charge is 2.21. The molecule has 0 spiro atoms. The Morgan fingerprint density at radius 3 is 2.60 bits per heavy atom. The third-order valence-corrected chi connectivity index (χ3v) is 6.47. The highest BCUT2D eigenvalue weighted by Crippen LogP contribution is 2.30. The smallest absolute Gasteiger partial charge is 0.225 e. The maximum absolute atomic E-state index is 13.3. The number of hydrogen-bond acceptors (Lipinski definition) is 2. The lowest BCUT2D eigenvalue weighted by Crippen LogP contribution is -2.32. The van der Waals surface area contributed by atoms with E-state index in [1.165, 1.54) is 5.56 Å². The maximum Gasteiger partial charge on any atom is 0.225 e. The summed E-state index contributed by atoms with van der Waals surface area (Å²) in [5.74, 6) is -0.0407. The van der Waals surface area contributed by atoms with Gasteiger partial charge < -0.3 is 10.3 Å². The van der Waals surface area contributed by atoms with E-state index in [2.05, 4.69) is 47.6 Å². The van der Waals surface area contributed by atoms with Crippen molar-refractivity contribution in [1.29, 1.82) is 0 Å². The van der Waals surface area contributed by atoms with Crippen LogP contribution in [0.4, 0.5) is 0 Å². The second-order valence-electron chi connectivity index (χ2n) is 8.79. The number of H-pyrrole nitrogens is 1. The maximum atomic E-state index is 13.3. The van der Waals surface area contributed by atoms with Crippen LogP contribution in [0.25, 0.3) is 22.0 Å². The lowest BCUT2D eigenvalue weighted by molar-refractivity contribution is -0.121. The lowest BCUT2D eigenvalue weighted by atomic mass is 9.95. The number of halogens is 1. The van der Waals surface area contributed by atoms with Crippen LogP contribution in [0, 0.1) is 6.92 Å². The van der Waals surface area contributed by atoms with E-state index in [1.807, 2.05) is 60.8 Å². The van der Waals surface area contributed by atoms with Gasteiger partial charge in [0.15, 0.2) is 0 Å². The van der Waals surface area contributed by atoms with Gasteiger partial charge in [0, 0.05) is 33.9 Å². The number of hydrogen-bond donors (Lipinski definition) is 2. The monoisotopic (exact) mass is 479 g/mol. The summed E-state index contributed by atoms with van der Waals surface area (Å²) < 4.78 is 0. The minimum atomic E-state index is -0.288. The molecule has 0 aliphatic rings. The fourth-order valence-electron chi connectivity index (χ4n) is 4.49. The van der Waals surface area contributed by atoms with Gasteiger partial charge in [0.05, 0.1) is 18.2 Å². The average molecular weight is 480 g/mol. The lowest BCUT2D eigenvalue weighted by Gasteiger charge is -2.21. The molecular formula is C30H26ClN3O. The van der Waals surface area contributed by atoms with Crippen molar-refractivity contribution in [1.82, 2.24) is 15.3 Å². The van der Waals surface area contributed by atoms with Gasteiger partial charge in [-0.05, 0) is 60.4 Å². The molecule has 5 heteroatoms. The van der Waals surface area contributed by atoms with Crippen LogP contribution in [-0.4, -0.2) is 15.9 Å². The summed E-state index contributed by atoms with van der Waals surface area (Å²) in [5.41, 5.74) is 7.15. The first-order valence-corrected chi connectivity index (χ1v) is 12.1. The SMILES string of the molecule is Cc1ccc2[nH]cc(CC(=O)N[C@@H](Cc3ccccc3)c3ncccc3-c3ccc(Cl)cc3)c2c1. The zero-order chi connectivity index (χ0) is 24.2. The van der Waals surface area contributed by atoms with Crippen LogP contribution in [0.2, 0.25) is 5.02 Å². The Morgan fingerprint density at radius 1 is 1.00 bits per heavy atom. The molecule has 0 unspecified atom stereocenters. The molecule has 4 nitrogen and oxygen atoms in total. The van der Waals surface area contributed by atoms with Crippen molar-refractivity contribution in [2.24, 2.45) is 0 Å². The Bertz CT molecular complexity index is 1460. The first kappa shape index (κ1) is 22.9. The molecular weight excluding hydrogens is 454 g/mol. The van der Waals surface area contributed by atoms with Crippen LogP contribution in [0.5, 0.6) is 0 Å². The van der Waals surface area contributed by atoms with E-state index in [0.717, 1.165) is 38.9 Å².